The molecule has 0 radical (unpaired) electrons. The first-order valence-corrected chi connectivity index (χ1v) is 4.72. The number of oxime groups is 1. The van der Waals surface area contributed by atoms with Crippen LogP contribution in [0.15, 0.2) is 17.3 Å². The second kappa shape index (κ2) is 5.62. The van der Waals surface area contributed by atoms with Crippen LogP contribution in [0.3, 0.4) is 0 Å². The number of nitrogens with zero attached hydrogens (tertiary/aromatic N) is 2. The fourth-order valence-corrected chi connectivity index (χ4v) is 1.28. The van der Waals surface area contributed by atoms with Crippen LogP contribution in [0.2, 0.25) is 0 Å². The van der Waals surface area contributed by atoms with Gasteiger partial charge in [-0.25, -0.2) is 0 Å². The van der Waals surface area contributed by atoms with Gasteiger partial charge in [0.2, 0.25) is 0 Å². The molecular formula is C10H10N2O6. The van der Waals surface area contributed by atoms with Crippen molar-refractivity contribution in [1.82, 2.24) is 0 Å². The average molecular weight is 254 g/mol. The molecule has 0 aromatic heterocycles. The first kappa shape index (κ1) is 13.4. The molecule has 1 rings (SSSR count). The Kier molecular flexibility index (Phi) is 4.19. The van der Waals surface area contributed by atoms with Crippen molar-refractivity contribution in [3.8, 4) is 11.5 Å². The quantitative estimate of drug-likeness (QED) is 0.217. The van der Waals surface area contributed by atoms with Gasteiger partial charge >= 0.3 is 5.97 Å². The van der Waals surface area contributed by atoms with Crippen LogP contribution in [0, 0.1) is 10.1 Å². The lowest BCUT2D eigenvalue weighted by Crippen LogP contribution is -2.06. The standard InChI is InChI=1S/C10H10N2O6/c1-6(13)18-10-7(5-11-14)3-8(12(15)16)4-9(10)17-2/h3-5,14H,1-2H3/b11-5-. The lowest BCUT2D eigenvalue weighted by molar-refractivity contribution is -0.385. The van der Waals surface area contributed by atoms with Crippen molar-refractivity contribution in [3.63, 3.8) is 0 Å². The third-order valence-corrected chi connectivity index (χ3v) is 1.94. The summed E-state index contributed by atoms with van der Waals surface area (Å²) >= 11 is 0. The molecular weight excluding hydrogens is 244 g/mol. The molecule has 0 aliphatic rings. The Balaban J connectivity index is 3.44. The number of hydrogen-bond donors (Lipinski definition) is 1. The number of carbonyl (C=O) groups excluding carboxylic acids is 1. The van der Waals surface area contributed by atoms with Crippen molar-refractivity contribution in [2.24, 2.45) is 5.16 Å². The molecule has 8 nitrogen and oxygen atoms in total. The van der Waals surface area contributed by atoms with Crippen LogP contribution in [0.4, 0.5) is 5.69 Å². The minimum Gasteiger partial charge on any atom is -0.493 e. The van der Waals surface area contributed by atoms with Crippen LogP contribution in [-0.4, -0.2) is 29.4 Å². The van der Waals surface area contributed by atoms with Crippen LogP contribution >= 0.6 is 0 Å². The Morgan fingerprint density at radius 1 is 1.56 bits per heavy atom. The van der Waals surface area contributed by atoms with E-state index < -0.39 is 10.9 Å². The summed E-state index contributed by atoms with van der Waals surface area (Å²) in [6.45, 7) is 1.17. The topological polar surface area (TPSA) is 111 Å². The molecule has 1 N–H and O–H groups in total. The van der Waals surface area contributed by atoms with Gasteiger partial charge in [0.05, 0.1) is 24.3 Å². The molecule has 8 heteroatoms. The van der Waals surface area contributed by atoms with Crippen LogP contribution in [0.5, 0.6) is 11.5 Å². The van der Waals surface area contributed by atoms with Crippen molar-refractivity contribution < 1.29 is 24.4 Å². The normalized spacial score (nSPS) is 10.3. The predicted octanol–water partition coefficient (Wildman–Crippen LogP) is 1.34. The average Bonchev–Trinajstić information content (AvgIpc) is 2.30. The Morgan fingerprint density at radius 3 is 2.67 bits per heavy atom. The second-order valence-electron chi connectivity index (χ2n) is 3.16. The maximum Gasteiger partial charge on any atom is 0.308 e. The molecule has 0 aliphatic carbocycles. The molecule has 1 aromatic rings. The van der Waals surface area contributed by atoms with Gasteiger partial charge in [0.25, 0.3) is 5.69 Å². The van der Waals surface area contributed by atoms with E-state index >= 15 is 0 Å². The highest BCUT2D eigenvalue weighted by Gasteiger charge is 2.19. The molecule has 0 atom stereocenters. The van der Waals surface area contributed by atoms with E-state index in [9.17, 15) is 14.9 Å². The number of carbonyl (C=O) groups is 1. The third kappa shape index (κ3) is 2.94. The number of non-ortho nitro benzene ring substituents is 1. The van der Waals surface area contributed by atoms with Crippen LogP contribution in [0.1, 0.15) is 12.5 Å². The molecule has 1 aromatic carbocycles. The molecule has 0 saturated heterocycles. The summed E-state index contributed by atoms with van der Waals surface area (Å²) in [5.74, 6) is -0.683. The van der Waals surface area contributed by atoms with E-state index in [0.29, 0.717) is 0 Å². The highest BCUT2D eigenvalue weighted by Crippen LogP contribution is 2.34. The fourth-order valence-electron chi connectivity index (χ4n) is 1.28. The summed E-state index contributed by atoms with van der Waals surface area (Å²) in [6, 6.07) is 2.20. The summed E-state index contributed by atoms with van der Waals surface area (Å²) < 4.78 is 9.76. The summed E-state index contributed by atoms with van der Waals surface area (Å²) in [5.41, 5.74) is -0.226. The minimum atomic E-state index is -0.644. The number of methoxy groups -OCH3 is 1. The van der Waals surface area contributed by atoms with E-state index in [0.717, 1.165) is 18.3 Å². The van der Waals surface area contributed by atoms with Gasteiger partial charge in [0, 0.05) is 18.6 Å². The third-order valence-electron chi connectivity index (χ3n) is 1.94. The van der Waals surface area contributed by atoms with E-state index in [4.69, 9.17) is 14.7 Å². The van der Waals surface area contributed by atoms with Crippen molar-refractivity contribution in [3.05, 3.63) is 27.8 Å². The summed E-state index contributed by atoms with van der Waals surface area (Å²) in [6.07, 6.45) is 0.911. The number of esters is 1. The molecule has 0 unspecified atom stereocenters. The lowest BCUT2D eigenvalue weighted by atomic mass is 10.1. The van der Waals surface area contributed by atoms with E-state index in [2.05, 4.69) is 5.16 Å². The van der Waals surface area contributed by atoms with E-state index in [1.807, 2.05) is 0 Å². The molecule has 0 saturated carbocycles. The molecule has 96 valence electrons. The summed E-state index contributed by atoms with van der Waals surface area (Å²) in [7, 11) is 1.27. The largest absolute Gasteiger partial charge is 0.493 e. The van der Waals surface area contributed by atoms with Gasteiger partial charge in [-0.1, -0.05) is 5.16 Å². The minimum absolute atomic E-state index is 0.00528. The zero-order chi connectivity index (χ0) is 13.7. The highest BCUT2D eigenvalue weighted by atomic mass is 16.6. The molecule has 0 amide bonds. The summed E-state index contributed by atoms with van der Waals surface area (Å²) in [5, 5.41) is 21.9. The monoisotopic (exact) mass is 254 g/mol. The number of ether oxygens (including phenoxy) is 2. The summed E-state index contributed by atoms with van der Waals surface area (Å²) in [4.78, 5) is 21.0. The van der Waals surface area contributed by atoms with Crippen LogP contribution in [0.25, 0.3) is 0 Å². The van der Waals surface area contributed by atoms with Crippen molar-refractivity contribution >= 4 is 17.9 Å². The molecule has 18 heavy (non-hydrogen) atoms. The van der Waals surface area contributed by atoms with Crippen molar-refractivity contribution in [2.75, 3.05) is 7.11 Å². The van der Waals surface area contributed by atoms with Gasteiger partial charge in [-0.15, -0.1) is 0 Å². The van der Waals surface area contributed by atoms with Crippen molar-refractivity contribution in [2.45, 2.75) is 6.92 Å². The van der Waals surface area contributed by atoms with E-state index in [1.54, 1.807) is 0 Å². The number of hydrogen-bond acceptors (Lipinski definition) is 7. The number of nitro benzene ring substituents is 1. The van der Waals surface area contributed by atoms with Crippen LogP contribution < -0.4 is 9.47 Å². The van der Waals surface area contributed by atoms with Gasteiger partial charge < -0.3 is 14.7 Å². The molecule has 0 spiro atoms. The Labute approximate surface area is 102 Å². The van der Waals surface area contributed by atoms with Crippen molar-refractivity contribution in [1.29, 1.82) is 0 Å². The highest BCUT2D eigenvalue weighted by molar-refractivity contribution is 5.88. The van der Waals surface area contributed by atoms with Gasteiger partial charge in [-0.3, -0.25) is 14.9 Å². The molecule has 0 fully saturated rings. The fraction of sp³-hybridized carbons (Fsp3) is 0.200. The first-order chi connectivity index (χ1) is 8.49. The SMILES string of the molecule is COc1cc([N+](=O)[O-])cc(/C=N\O)c1OC(C)=O. The predicted molar refractivity (Wildman–Crippen MR) is 60.3 cm³/mol. The van der Waals surface area contributed by atoms with E-state index in [1.165, 1.54) is 14.0 Å². The second-order valence-corrected chi connectivity index (χ2v) is 3.16. The van der Waals surface area contributed by atoms with Gasteiger partial charge in [-0.05, 0) is 0 Å². The molecule has 0 heterocycles. The van der Waals surface area contributed by atoms with Crippen LogP contribution in [-0.2, 0) is 4.79 Å². The van der Waals surface area contributed by atoms with Gasteiger partial charge in [0.1, 0.15) is 0 Å². The molecule has 0 bridgehead atoms. The zero-order valence-corrected chi connectivity index (χ0v) is 9.61. The first-order valence-electron chi connectivity index (χ1n) is 4.72. The number of rotatable bonds is 4. The number of nitro groups is 1. The zero-order valence-electron chi connectivity index (χ0n) is 9.61. The van der Waals surface area contributed by atoms with Gasteiger partial charge in [-0.2, -0.15) is 0 Å². The maximum atomic E-state index is 10.9. The van der Waals surface area contributed by atoms with Gasteiger partial charge in [0.15, 0.2) is 11.5 Å². The van der Waals surface area contributed by atoms with E-state index in [-0.39, 0.29) is 22.7 Å². The Bertz CT molecular complexity index is 511. The Morgan fingerprint density at radius 2 is 2.22 bits per heavy atom. The molecule has 0 aliphatic heterocycles. The number of benzene rings is 1. The lowest BCUT2D eigenvalue weighted by Gasteiger charge is -2.10. The maximum absolute atomic E-state index is 10.9. The Hall–Kier alpha value is -2.64. The smallest absolute Gasteiger partial charge is 0.308 e.